The Morgan fingerprint density at radius 3 is 2.32 bits per heavy atom. The molecule has 1 aliphatic rings. The Labute approximate surface area is 197 Å². The molecule has 1 aromatic heterocycles. The molecule has 168 valence electrons. The fraction of sp³-hybridized carbons (Fsp3) is 0.0769. The van der Waals surface area contributed by atoms with Crippen molar-refractivity contribution in [3.63, 3.8) is 0 Å². The lowest BCUT2D eigenvalue weighted by molar-refractivity contribution is 0.0465. The van der Waals surface area contributed by atoms with Crippen LogP contribution in [0.4, 0.5) is 4.39 Å². The van der Waals surface area contributed by atoms with E-state index in [1.807, 2.05) is 0 Å². The highest BCUT2D eigenvalue weighted by molar-refractivity contribution is 7.09. The summed E-state index contributed by atoms with van der Waals surface area (Å²) >= 11 is 1.33. The summed E-state index contributed by atoms with van der Waals surface area (Å²) in [6.07, 6.45) is 0. The smallest absolute Gasteiger partial charge is 0.339 e. The number of nitrogens with zero attached hydrogens (tertiary/aromatic N) is 1. The van der Waals surface area contributed by atoms with Gasteiger partial charge in [0, 0.05) is 27.6 Å². The number of hydrogen-bond acceptors (Lipinski definition) is 7. The summed E-state index contributed by atoms with van der Waals surface area (Å²) in [5, 5.41) is 2.40. The number of ether oxygens (including phenoxy) is 2. The fourth-order valence-corrected chi connectivity index (χ4v) is 4.38. The molecule has 8 heteroatoms. The first kappa shape index (κ1) is 21.7. The Balaban J connectivity index is 1.28. The van der Waals surface area contributed by atoms with E-state index in [1.165, 1.54) is 47.7 Å². The highest BCUT2D eigenvalue weighted by Gasteiger charge is 2.33. The third kappa shape index (κ3) is 4.11. The van der Waals surface area contributed by atoms with Crippen molar-refractivity contribution in [2.75, 3.05) is 0 Å². The summed E-state index contributed by atoms with van der Waals surface area (Å²) in [5.74, 6) is -1.23. The zero-order valence-electron chi connectivity index (χ0n) is 17.6. The predicted octanol–water partition coefficient (Wildman–Crippen LogP) is 4.99. The number of hydrogen-bond donors (Lipinski definition) is 0. The maximum absolute atomic E-state index is 13.1. The van der Waals surface area contributed by atoms with E-state index < -0.39 is 5.97 Å². The van der Waals surface area contributed by atoms with Gasteiger partial charge in [-0.3, -0.25) is 9.59 Å². The van der Waals surface area contributed by atoms with Crippen molar-refractivity contribution in [1.29, 1.82) is 0 Å². The summed E-state index contributed by atoms with van der Waals surface area (Å²) in [5.41, 5.74) is 1.40. The van der Waals surface area contributed by atoms with Gasteiger partial charge < -0.3 is 9.47 Å². The van der Waals surface area contributed by atoms with Crippen molar-refractivity contribution >= 4 is 28.9 Å². The van der Waals surface area contributed by atoms with Crippen LogP contribution in [0.3, 0.4) is 0 Å². The lowest BCUT2D eigenvalue weighted by Gasteiger charge is -2.19. The van der Waals surface area contributed by atoms with E-state index >= 15 is 0 Å². The number of ketones is 2. The van der Waals surface area contributed by atoms with Crippen molar-refractivity contribution in [3.8, 4) is 5.75 Å². The summed E-state index contributed by atoms with van der Waals surface area (Å²) in [6.45, 7) is 0.0841. The first-order chi connectivity index (χ1) is 16.5. The van der Waals surface area contributed by atoms with E-state index in [0.29, 0.717) is 22.0 Å². The van der Waals surface area contributed by atoms with Crippen LogP contribution < -0.4 is 4.74 Å². The summed E-state index contributed by atoms with van der Waals surface area (Å²) in [4.78, 5) is 43.1. The predicted molar refractivity (Wildman–Crippen MR) is 122 cm³/mol. The number of carbonyl (C=O) groups excluding carboxylic acids is 3. The molecule has 0 fully saturated rings. The highest BCUT2D eigenvalue weighted by Crippen LogP contribution is 2.30. The Kier molecular flexibility index (Phi) is 5.73. The molecule has 0 saturated carbocycles. The number of esters is 1. The maximum Gasteiger partial charge on any atom is 0.339 e. The van der Waals surface area contributed by atoms with Crippen molar-refractivity contribution in [3.05, 3.63) is 116 Å². The van der Waals surface area contributed by atoms with Crippen LogP contribution in [0.15, 0.2) is 72.1 Å². The van der Waals surface area contributed by atoms with Gasteiger partial charge in [-0.15, -0.1) is 11.3 Å². The first-order valence-corrected chi connectivity index (χ1v) is 11.2. The minimum Gasteiger partial charge on any atom is -0.486 e. The molecule has 0 amide bonds. The van der Waals surface area contributed by atoms with E-state index in [2.05, 4.69) is 4.98 Å². The van der Waals surface area contributed by atoms with Crippen LogP contribution in [0, 0.1) is 5.82 Å². The van der Waals surface area contributed by atoms with E-state index in [1.54, 1.807) is 35.7 Å². The van der Waals surface area contributed by atoms with Crippen LogP contribution in [0.5, 0.6) is 5.75 Å². The van der Waals surface area contributed by atoms with Crippen LogP contribution in [0.2, 0.25) is 0 Å². The molecule has 0 unspecified atom stereocenters. The van der Waals surface area contributed by atoms with E-state index in [9.17, 15) is 18.8 Å². The monoisotopic (exact) mass is 473 g/mol. The molecular formula is C26H16FNO5S. The van der Waals surface area contributed by atoms with Crippen molar-refractivity contribution in [2.45, 2.75) is 13.2 Å². The van der Waals surface area contributed by atoms with Gasteiger partial charge >= 0.3 is 5.97 Å². The second-order valence-electron chi connectivity index (χ2n) is 7.48. The van der Waals surface area contributed by atoms with Crippen LogP contribution in [-0.4, -0.2) is 22.5 Å². The minimum absolute atomic E-state index is 0.0421. The third-order valence-corrected chi connectivity index (χ3v) is 6.17. The minimum atomic E-state index is -0.713. The molecule has 0 atom stereocenters. The molecule has 3 aromatic carbocycles. The second-order valence-corrected chi connectivity index (χ2v) is 8.43. The van der Waals surface area contributed by atoms with Crippen LogP contribution in [0.1, 0.15) is 52.9 Å². The van der Waals surface area contributed by atoms with E-state index in [-0.39, 0.29) is 52.9 Å². The van der Waals surface area contributed by atoms with Crippen LogP contribution in [0.25, 0.3) is 0 Å². The average molecular weight is 473 g/mol. The normalized spacial score (nSPS) is 12.1. The fourth-order valence-electron chi connectivity index (χ4n) is 3.69. The Morgan fingerprint density at radius 1 is 0.853 bits per heavy atom. The van der Waals surface area contributed by atoms with Gasteiger partial charge in [-0.2, -0.15) is 0 Å². The molecule has 0 saturated heterocycles. The molecule has 5 rings (SSSR count). The van der Waals surface area contributed by atoms with Crippen molar-refractivity contribution < 1.29 is 28.2 Å². The van der Waals surface area contributed by atoms with Gasteiger partial charge in [-0.1, -0.05) is 36.4 Å². The van der Waals surface area contributed by atoms with Gasteiger partial charge in [0.25, 0.3) is 0 Å². The zero-order valence-corrected chi connectivity index (χ0v) is 18.4. The molecule has 0 spiro atoms. The lowest BCUT2D eigenvalue weighted by Crippen LogP contribution is -2.24. The Hall–Kier alpha value is -4.17. The molecule has 1 heterocycles. The molecule has 0 radical (unpaired) electrons. The van der Waals surface area contributed by atoms with Gasteiger partial charge in [0.15, 0.2) is 11.6 Å². The SMILES string of the molecule is O=C(OCc1csc(COc2ccc(F)cc2)n1)c1cccc2c1C(=O)c1ccccc1C2=O. The van der Waals surface area contributed by atoms with Gasteiger partial charge in [-0.05, 0) is 30.3 Å². The van der Waals surface area contributed by atoms with Crippen LogP contribution in [-0.2, 0) is 18.0 Å². The number of fused-ring (bicyclic) bond motifs is 2. The first-order valence-electron chi connectivity index (χ1n) is 10.3. The topological polar surface area (TPSA) is 82.6 Å². The van der Waals surface area contributed by atoms with E-state index in [0.717, 1.165) is 0 Å². The molecule has 34 heavy (non-hydrogen) atoms. The van der Waals surface area contributed by atoms with Crippen molar-refractivity contribution in [2.24, 2.45) is 0 Å². The summed E-state index contributed by atoms with van der Waals surface area (Å²) < 4.78 is 24.0. The maximum atomic E-state index is 13.1. The molecule has 4 aromatic rings. The lowest BCUT2D eigenvalue weighted by atomic mass is 9.82. The number of thiazole rings is 1. The number of aromatic nitrogens is 1. The number of rotatable bonds is 6. The Morgan fingerprint density at radius 2 is 1.56 bits per heavy atom. The second kappa shape index (κ2) is 8.99. The highest BCUT2D eigenvalue weighted by atomic mass is 32.1. The largest absolute Gasteiger partial charge is 0.486 e. The molecule has 6 nitrogen and oxygen atoms in total. The van der Waals surface area contributed by atoms with Gasteiger partial charge in [0.05, 0.1) is 11.3 Å². The molecule has 0 N–H and O–H groups in total. The summed E-state index contributed by atoms with van der Waals surface area (Å²) in [7, 11) is 0. The molecule has 0 bridgehead atoms. The molecule has 0 aliphatic heterocycles. The third-order valence-electron chi connectivity index (χ3n) is 5.30. The summed E-state index contributed by atoms with van der Waals surface area (Å²) in [6, 6.07) is 16.8. The zero-order chi connectivity index (χ0) is 23.7. The Bertz CT molecular complexity index is 1430. The van der Waals surface area contributed by atoms with Crippen LogP contribution >= 0.6 is 11.3 Å². The number of benzene rings is 3. The number of carbonyl (C=O) groups is 3. The molecule has 1 aliphatic carbocycles. The number of halogens is 1. The van der Waals surface area contributed by atoms with Gasteiger partial charge in [0.2, 0.25) is 0 Å². The quantitative estimate of drug-likeness (QED) is 0.323. The average Bonchev–Trinajstić information content (AvgIpc) is 3.33. The standard InChI is InChI=1S/C26H16FNO5S/c27-15-8-10-17(11-9-15)32-13-22-28-16(14-34-22)12-33-26(31)21-7-3-6-20-23(21)25(30)19-5-2-1-4-18(19)24(20)29/h1-11,14H,12-13H2. The molecular weight excluding hydrogens is 457 g/mol. The van der Waals surface area contributed by atoms with E-state index in [4.69, 9.17) is 9.47 Å². The van der Waals surface area contributed by atoms with Crippen molar-refractivity contribution in [1.82, 2.24) is 4.98 Å². The van der Waals surface area contributed by atoms with Gasteiger partial charge in [0.1, 0.15) is 29.8 Å². The van der Waals surface area contributed by atoms with Gasteiger partial charge in [-0.25, -0.2) is 14.2 Å².